The third kappa shape index (κ3) is 3.37. The van der Waals surface area contributed by atoms with Gasteiger partial charge in [-0.3, -0.25) is 9.69 Å². The first-order valence-electron chi connectivity index (χ1n) is 6.43. The Morgan fingerprint density at radius 3 is 2.40 bits per heavy atom. The van der Waals surface area contributed by atoms with Gasteiger partial charge in [-0.2, -0.15) is 5.26 Å². The van der Waals surface area contributed by atoms with Crippen molar-refractivity contribution in [1.82, 2.24) is 9.80 Å². The van der Waals surface area contributed by atoms with Crippen molar-refractivity contribution in [2.24, 2.45) is 0 Å². The number of aliphatic hydroxyl groups is 1. The molecule has 0 saturated carbocycles. The first kappa shape index (κ1) is 15.0. The Bertz CT molecular complexity index is 504. The number of carbonyl (C=O) groups excluding carboxylic acids is 1. The van der Waals surface area contributed by atoms with Crippen LogP contribution in [0, 0.1) is 11.3 Å². The molecule has 1 aliphatic rings. The Morgan fingerprint density at radius 1 is 1.30 bits per heavy atom. The Balaban J connectivity index is 2.02. The highest BCUT2D eigenvalue weighted by Crippen LogP contribution is 2.23. The van der Waals surface area contributed by atoms with Gasteiger partial charge >= 0.3 is 0 Å². The van der Waals surface area contributed by atoms with Crippen LogP contribution in [0.25, 0.3) is 0 Å². The largest absolute Gasteiger partial charge is 0.387 e. The highest BCUT2D eigenvalue weighted by molar-refractivity contribution is 9.10. The SMILES string of the molecule is N#CC(c1ccc(Br)cc1)N1CCN(C(=O)CO)CC1. The molecule has 0 bridgehead atoms. The Hall–Kier alpha value is -1.42. The first-order chi connectivity index (χ1) is 9.65. The lowest BCUT2D eigenvalue weighted by Gasteiger charge is -2.36. The average molecular weight is 338 g/mol. The van der Waals surface area contributed by atoms with Crippen molar-refractivity contribution >= 4 is 21.8 Å². The maximum absolute atomic E-state index is 11.4. The molecule has 106 valence electrons. The number of nitriles is 1. The fraction of sp³-hybridized carbons (Fsp3) is 0.429. The van der Waals surface area contributed by atoms with Gasteiger partial charge in [0.2, 0.25) is 5.91 Å². The molecular weight excluding hydrogens is 322 g/mol. The van der Waals surface area contributed by atoms with Crippen LogP contribution in [0.5, 0.6) is 0 Å². The molecule has 1 aromatic rings. The van der Waals surface area contributed by atoms with Crippen molar-refractivity contribution in [1.29, 1.82) is 5.26 Å². The molecule has 5 nitrogen and oxygen atoms in total. The van der Waals surface area contributed by atoms with E-state index in [0.29, 0.717) is 26.2 Å². The van der Waals surface area contributed by atoms with E-state index in [1.165, 1.54) is 0 Å². The molecule has 0 radical (unpaired) electrons. The van der Waals surface area contributed by atoms with E-state index < -0.39 is 6.61 Å². The van der Waals surface area contributed by atoms with E-state index in [1.807, 2.05) is 24.3 Å². The summed E-state index contributed by atoms with van der Waals surface area (Å²) in [6.45, 7) is 1.93. The van der Waals surface area contributed by atoms with Crippen LogP contribution >= 0.6 is 15.9 Å². The third-order valence-electron chi connectivity index (χ3n) is 3.48. The van der Waals surface area contributed by atoms with Crippen LogP contribution in [-0.2, 0) is 4.79 Å². The molecule has 1 heterocycles. The van der Waals surface area contributed by atoms with Crippen LogP contribution in [0.3, 0.4) is 0 Å². The molecule has 1 atom stereocenters. The van der Waals surface area contributed by atoms with E-state index >= 15 is 0 Å². The van der Waals surface area contributed by atoms with Gasteiger partial charge in [0.15, 0.2) is 0 Å². The number of carbonyl (C=O) groups is 1. The smallest absolute Gasteiger partial charge is 0.248 e. The molecule has 0 aromatic heterocycles. The van der Waals surface area contributed by atoms with Crippen LogP contribution in [0.2, 0.25) is 0 Å². The number of piperazine rings is 1. The third-order valence-corrected chi connectivity index (χ3v) is 4.00. The summed E-state index contributed by atoms with van der Waals surface area (Å²) in [6.07, 6.45) is 0. The van der Waals surface area contributed by atoms with Crippen molar-refractivity contribution in [3.8, 4) is 6.07 Å². The standard InChI is InChI=1S/C14H16BrN3O2/c15-12-3-1-11(2-4-12)13(9-16)17-5-7-18(8-6-17)14(20)10-19/h1-4,13,19H,5-8,10H2. The van der Waals surface area contributed by atoms with Gasteiger partial charge in [0.1, 0.15) is 12.6 Å². The molecule has 1 N–H and O–H groups in total. The van der Waals surface area contributed by atoms with Crippen LogP contribution in [0.1, 0.15) is 11.6 Å². The second-order valence-corrected chi connectivity index (χ2v) is 5.57. The minimum Gasteiger partial charge on any atom is -0.387 e. The van der Waals surface area contributed by atoms with Crippen LogP contribution < -0.4 is 0 Å². The zero-order valence-electron chi connectivity index (χ0n) is 11.0. The number of halogens is 1. The van der Waals surface area contributed by atoms with Gasteiger partial charge in [0, 0.05) is 30.7 Å². The summed E-state index contributed by atoms with van der Waals surface area (Å²) in [5.74, 6) is -0.248. The van der Waals surface area contributed by atoms with Gasteiger partial charge in [0.05, 0.1) is 6.07 Å². The summed E-state index contributed by atoms with van der Waals surface area (Å²) in [5.41, 5.74) is 0.956. The summed E-state index contributed by atoms with van der Waals surface area (Å²) < 4.78 is 0.983. The molecule has 1 aliphatic heterocycles. The van der Waals surface area contributed by atoms with Gasteiger partial charge in [0.25, 0.3) is 0 Å². The number of hydrogen-bond donors (Lipinski definition) is 1. The summed E-state index contributed by atoms with van der Waals surface area (Å²) in [7, 11) is 0. The van der Waals surface area contributed by atoms with Crippen LogP contribution in [-0.4, -0.2) is 53.6 Å². The first-order valence-corrected chi connectivity index (χ1v) is 7.22. The van der Waals surface area contributed by atoms with E-state index in [-0.39, 0.29) is 11.9 Å². The average Bonchev–Trinajstić information content (AvgIpc) is 2.50. The normalized spacial score (nSPS) is 17.6. The number of nitrogens with zero attached hydrogens (tertiary/aromatic N) is 3. The number of amides is 1. The molecule has 0 spiro atoms. The molecule has 1 unspecified atom stereocenters. The van der Waals surface area contributed by atoms with Gasteiger partial charge in [-0.1, -0.05) is 28.1 Å². The summed E-state index contributed by atoms with van der Waals surface area (Å²) in [5, 5.41) is 18.2. The topological polar surface area (TPSA) is 67.6 Å². The van der Waals surface area contributed by atoms with Gasteiger partial charge < -0.3 is 10.0 Å². The number of benzene rings is 1. The lowest BCUT2D eigenvalue weighted by molar-refractivity contribution is -0.136. The van der Waals surface area contributed by atoms with Crippen molar-refractivity contribution in [3.05, 3.63) is 34.3 Å². The zero-order valence-corrected chi connectivity index (χ0v) is 12.6. The minimum atomic E-state index is -0.450. The van der Waals surface area contributed by atoms with E-state index in [0.717, 1.165) is 10.0 Å². The second-order valence-electron chi connectivity index (χ2n) is 4.66. The molecule has 1 amide bonds. The summed E-state index contributed by atoms with van der Waals surface area (Å²) in [4.78, 5) is 15.1. The van der Waals surface area contributed by atoms with Crippen molar-refractivity contribution in [2.75, 3.05) is 32.8 Å². The van der Waals surface area contributed by atoms with Crippen molar-refractivity contribution in [3.63, 3.8) is 0 Å². The molecule has 0 aliphatic carbocycles. The molecule has 20 heavy (non-hydrogen) atoms. The van der Waals surface area contributed by atoms with E-state index in [9.17, 15) is 10.1 Å². The second kappa shape index (κ2) is 6.84. The van der Waals surface area contributed by atoms with E-state index in [4.69, 9.17) is 5.11 Å². The maximum Gasteiger partial charge on any atom is 0.248 e. The quantitative estimate of drug-likeness (QED) is 0.898. The highest BCUT2D eigenvalue weighted by atomic mass is 79.9. The number of aliphatic hydroxyl groups excluding tert-OH is 1. The minimum absolute atomic E-state index is 0.248. The highest BCUT2D eigenvalue weighted by Gasteiger charge is 2.26. The van der Waals surface area contributed by atoms with Crippen molar-refractivity contribution in [2.45, 2.75) is 6.04 Å². The Kier molecular flexibility index (Phi) is 5.12. The monoisotopic (exact) mass is 337 g/mol. The molecule has 1 aromatic carbocycles. The molecule has 2 rings (SSSR count). The molecule has 1 saturated heterocycles. The fourth-order valence-corrected chi connectivity index (χ4v) is 2.61. The van der Waals surface area contributed by atoms with Gasteiger partial charge in [-0.05, 0) is 17.7 Å². The number of rotatable bonds is 3. The van der Waals surface area contributed by atoms with E-state index in [2.05, 4.69) is 26.9 Å². The van der Waals surface area contributed by atoms with Crippen LogP contribution in [0.4, 0.5) is 0 Å². The summed E-state index contributed by atoms with van der Waals surface area (Å²) >= 11 is 3.38. The molecular formula is C14H16BrN3O2. The van der Waals surface area contributed by atoms with Gasteiger partial charge in [-0.15, -0.1) is 0 Å². The lowest BCUT2D eigenvalue weighted by atomic mass is 10.1. The summed E-state index contributed by atoms with van der Waals surface area (Å²) in [6, 6.07) is 9.74. The Morgan fingerprint density at radius 2 is 1.90 bits per heavy atom. The Labute approximate surface area is 126 Å². The number of hydrogen-bond acceptors (Lipinski definition) is 4. The van der Waals surface area contributed by atoms with Crippen LogP contribution in [0.15, 0.2) is 28.7 Å². The zero-order chi connectivity index (χ0) is 14.5. The fourth-order valence-electron chi connectivity index (χ4n) is 2.34. The van der Waals surface area contributed by atoms with Crippen molar-refractivity contribution < 1.29 is 9.90 Å². The predicted octanol–water partition coefficient (Wildman–Crippen LogP) is 1.15. The predicted molar refractivity (Wildman–Crippen MR) is 77.7 cm³/mol. The molecule has 6 heteroatoms. The lowest BCUT2D eigenvalue weighted by Crippen LogP contribution is -2.50. The maximum atomic E-state index is 11.4. The van der Waals surface area contributed by atoms with E-state index in [1.54, 1.807) is 4.90 Å². The molecule has 1 fully saturated rings. The van der Waals surface area contributed by atoms with Gasteiger partial charge in [-0.25, -0.2) is 0 Å².